The Labute approximate surface area is 102 Å². The lowest BCUT2D eigenvalue weighted by Gasteiger charge is -2.22. The fourth-order valence-electron chi connectivity index (χ4n) is 2.39. The maximum absolute atomic E-state index is 5.37. The topological polar surface area (TPSA) is 39.1 Å². The Kier molecular flexibility index (Phi) is 3.84. The second kappa shape index (κ2) is 5.17. The second-order valence-corrected chi connectivity index (χ2v) is 4.35. The molecule has 0 unspecified atom stereocenters. The van der Waals surface area contributed by atoms with Crippen molar-refractivity contribution in [2.75, 3.05) is 19.8 Å². The standard InChI is InChI=1S/C11H17N3O.ClH/c1-4-12-7-9-8-14(13-11(1)9)10-2-5-15-6-3-10;/h8,10,12H,1-7H2;1H. The number of halogens is 1. The van der Waals surface area contributed by atoms with Gasteiger partial charge in [-0.05, 0) is 12.8 Å². The van der Waals surface area contributed by atoms with Gasteiger partial charge in [-0.15, -0.1) is 12.4 Å². The molecule has 0 aromatic carbocycles. The summed E-state index contributed by atoms with van der Waals surface area (Å²) in [6.07, 6.45) is 5.50. The van der Waals surface area contributed by atoms with E-state index in [1.165, 1.54) is 11.3 Å². The van der Waals surface area contributed by atoms with E-state index >= 15 is 0 Å². The van der Waals surface area contributed by atoms with E-state index in [0.29, 0.717) is 6.04 Å². The normalized spacial score (nSPS) is 21.2. The molecule has 1 N–H and O–H groups in total. The molecule has 0 spiro atoms. The van der Waals surface area contributed by atoms with Crippen molar-refractivity contribution in [1.82, 2.24) is 15.1 Å². The van der Waals surface area contributed by atoms with Gasteiger partial charge in [-0.2, -0.15) is 5.10 Å². The molecule has 0 amide bonds. The molecule has 1 saturated heterocycles. The van der Waals surface area contributed by atoms with Crippen molar-refractivity contribution in [2.24, 2.45) is 0 Å². The highest BCUT2D eigenvalue weighted by atomic mass is 35.5. The van der Waals surface area contributed by atoms with Gasteiger partial charge in [0, 0.05) is 44.5 Å². The molecule has 3 heterocycles. The molecule has 90 valence electrons. The first-order valence-electron chi connectivity index (χ1n) is 5.79. The van der Waals surface area contributed by atoms with Crippen LogP contribution in [-0.2, 0) is 17.7 Å². The third-order valence-electron chi connectivity index (χ3n) is 3.31. The molecular formula is C11H18ClN3O. The molecule has 2 aliphatic rings. The summed E-state index contributed by atoms with van der Waals surface area (Å²) in [6.45, 7) is 3.82. The van der Waals surface area contributed by atoms with Gasteiger partial charge in [0.2, 0.25) is 0 Å². The summed E-state index contributed by atoms with van der Waals surface area (Å²) >= 11 is 0. The van der Waals surface area contributed by atoms with Gasteiger partial charge in [0.1, 0.15) is 0 Å². The molecule has 1 aromatic heterocycles. The molecule has 1 aromatic rings. The van der Waals surface area contributed by atoms with Crippen LogP contribution < -0.4 is 5.32 Å². The Morgan fingerprint density at radius 2 is 2.19 bits per heavy atom. The number of hydrogen-bond donors (Lipinski definition) is 1. The van der Waals surface area contributed by atoms with E-state index in [2.05, 4.69) is 16.2 Å². The van der Waals surface area contributed by atoms with E-state index < -0.39 is 0 Å². The Morgan fingerprint density at radius 1 is 1.38 bits per heavy atom. The van der Waals surface area contributed by atoms with E-state index in [1.807, 2.05) is 0 Å². The van der Waals surface area contributed by atoms with Crippen LogP contribution in [0.15, 0.2) is 6.20 Å². The zero-order valence-electron chi connectivity index (χ0n) is 9.32. The molecule has 16 heavy (non-hydrogen) atoms. The van der Waals surface area contributed by atoms with Gasteiger partial charge < -0.3 is 10.1 Å². The summed E-state index contributed by atoms with van der Waals surface area (Å²) in [4.78, 5) is 0. The first kappa shape index (κ1) is 11.9. The van der Waals surface area contributed by atoms with E-state index in [9.17, 15) is 0 Å². The SMILES string of the molecule is Cl.c1c2c(nn1C1CCOCC1)CCNC2. The fourth-order valence-corrected chi connectivity index (χ4v) is 2.39. The minimum atomic E-state index is 0. The lowest BCUT2D eigenvalue weighted by Crippen LogP contribution is -2.22. The van der Waals surface area contributed by atoms with Crippen LogP contribution in [0.5, 0.6) is 0 Å². The van der Waals surface area contributed by atoms with Gasteiger partial charge >= 0.3 is 0 Å². The minimum Gasteiger partial charge on any atom is -0.381 e. The third-order valence-corrected chi connectivity index (χ3v) is 3.31. The molecule has 5 heteroatoms. The molecule has 1 fully saturated rings. The maximum atomic E-state index is 5.37. The summed E-state index contributed by atoms with van der Waals surface area (Å²) in [5.41, 5.74) is 2.67. The van der Waals surface area contributed by atoms with Crippen molar-refractivity contribution in [2.45, 2.75) is 31.8 Å². The number of fused-ring (bicyclic) bond motifs is 1. The number of ether oxygens (including phenoxy) is 1. The quantitative estimate of drug-likeness (QED) is 0.808. The van der Waals surface area contributed by atoms with Gasteiger partial charge in [-0.3, -0.25) is 4.68 Å². The van der Waals surface area contributed by atoms with E-state index in [4.69, 9.17) is 9.84 Å². The van der Waals surface area contributed by atoms with E-state index in [0.717, 1.165) is 45.6 Å². The molecule has 2 aliphatic heterocycles. The predicted octanol–water partition coefficient (Wildman–Crippen LogP) is 1.30. The number of nitrogens with zero attached hydrogens (tertiary/aromatic N) is 2. The van der Waals surface area contributed by atoms with Gasteiger partial charge in [-0.25, -0.2) is 0 Å². The van der Waals surface area contributed by atoms with Crippen LogP contribution in [0.25, 0.3) is 0 Å². The number of aromatic nitrogens is 2. The van der Waals surface area contributed by atoms with Crippen molar-refractivity contribution in [3.8, 4) is 0 Å². The summed E-state index contributed by atoms with van der Waals surface area (Å²) in [7, 11) is 0. The Morgan fingerprint density at radius 3 is 2.94 bits per heavy atom. The third kappa shape index (κ3) is 2.24. The van der Waals surface area contributed by atoms with Crippen molar-refractivity contribution in [3.05, 3.63) is 17.5 Å². The molecule has 0 aliphatic carbocycles. The van der Waals surface area contributed by atoms with Gasteiger partial charge in [0.25, 0.3) is 0 Å². The largest absolute Gasteiger partial charge is 0.381 e. The van der Waals surface area contributed by atoms with Crippen LogP contribution in [0.1, 0.15) is 30.1 Å². The van der Waals surface area contributed by atoms with Crippen LogP contribution in [0.3, 0.4) is 0 Å². The summed E-state index contributed by atoms with van der Waals surface area (Å²) in [6, 6.07) is 0.560. The smallest absolute Gasteiger partial charge is 0.0682 e. The molecule has 0 radical (unpaired) electrons. The van der Waals surface area contributed by atoms with Crippen molar-refractivity contribution in [3.63, 3.8) is 0 Å². The summed E-state index contributed by atoms with van der Waals surface area (Å²) < 4.78 is 7.54. The van der Waals surface area contributed by atoms with Crippen molar-refractivity contribution in [1.29, 1.82) is 0 Å². The van der Waals surface area contributed by atoms with E-state index in [-0.39, 0.29) is 12.4 Å². The highest BCUT2D eigenvalue weighted by molar-refractivity contribution is 5.85. The zero-order valence-corrected chi connectivity index (χ0v) is 10.1. The molecule has 0 atom stereocenters. The molecule has 0 bridgehead atoms. The highest BCUT2D eigenvalue weighted by Crippen LogP contribution is 2.22. The van der Waals surface area contributed by atoms with Crippen LogP contribution in [-0.4, -0.2) is 29.5 Å². The fraction of sp³-hybridized carbons (Fsp3) is 0.727. The first-order valence-corrected chi connectivity index (χ1v) is 5.79. The average molecular weight is 244 g/mol. The highest BCUT2D eigenvalue weighted by Gasteiger charge is 2.19. The Hall–Kier alpha value is -0.580. The Balaban J connectivity index is 0.000000963. The van der Waals surface area contributed by atoms with Gasteiger partial charge in [0.15, 0.2) is 0 Å². The number of nitrogens with one attached hydrogen (secondary N) is 1. The van der Waals surface area contributed by atoms with Crippen molar-refractivity contribution >= 4 is 12.4 Å². The zero-order chi connectivity index (χ0) is 10.1. The predicted molar refractivity (Wildman–Crippen MR) is 64.0 cm³/mol. The van der Waals surface area contributed by atoms with Crippen LogP contribution in [0, 0.1) is 0 Å². The van der Waals surface area contributed by atoms with Crippen LogP contribution in [0.2, 0.25) is 0 Å². The second-order valence-electron chi connectivity index (χ2n) is 4.35. The summed E-state index contributed by atoms with van der Waals surface area (Å²) in [5.74, 6) is 0. The maximum Gasteiger partial charge on any atom is 0.0682 e. The van der Waals surface area contributed by atoms with Gasteiger partial charge in [-0.1, -0.05) is 0 Å². The summed E-state index contributed by atoms with van der Waals surface area (Å²) in [5, 5.41) is 8.07. The lowest BCUT2D eigenvalue weighted by atomic mass is 10.1. The van der Waals surface area contributed by atoms with Crippen molar-refractivity contribution < 1.29 is 4.74 Å². The molecule has 0 saturated carbocycles. The Bertz CT molecular complexity index is 323. The molecule has 3 rings (SSSR count). The molecule has 4 nitrogen and oxygen atoms in total. The molecular weight excluding hydrogens is 226 g/mol. The first-order chi connectivity index (χ1) is 7.43. The van der Waals surface area contributed by atoms with E-state index in [1.54, 1.807) is 0 Å². The van der Waals surface area contributed by atoms with Crippen LogP contribution in [0.4, 0.5) is 0 Å². The monoisotopic (exact) mass is 243 g/mol. The number of rotatable bonds is 1. The minimum absolute atomic E-state index is 0. The van der Waals surface area contributed by atoms with Crippen LogP contribution >= 0.6 is 12.4 Å². The van der Waals surface area contributed by atoms with Gasteiger partial charge in [0.05, 0.1) is 11.7 Å². The lowest BCUT2D eigenvalue weighted by molar-refractivity contribution is 0.0661. The number of hydrogen-bond acceptors (Lipinski definition) is 3. The average Bonchev–Trinajstić information content (AvgIpc) is 2.74.